The molecule has 2 N–H and O–H groups in total. The second-order valence-corrected chi connectivity index (χ2v) is 5.39. The molecule has 2 amide bonds. The van der Waals surface area contributed by atoms with E-state index in [1.54, 1.807) is 31.4 Å². The molecule has 0 fully saturated rings. The summed E-state index contributed by atoms with van der Waals surface area (Å²) < 4.78 is 23.8. The van der Waals surface area contributed by atoms with Crippen LogP contribution >= 0.6 is 0 Å². The number of amides is 2. The zero-order chi connectivity index (χ0) is 19.6. The maximum Gasteiger partial charge on any atom is 0.254 e. The Morgan fingerprint density at radius 1 is 1.15 bits per heavy atom. The highest BCUT2D eigenvalue weighted by Gasteiger charge is 2.10. The normalized spacial score (nSPS) is 10.5. The van der Waals surface area contributed by atoms with Crippen molar-refractivity contribution in [3.8, 4) is 11.5 Å². The molecule has 2 rings (SSSR count). The number of hydrogen-bond acceptors (Lipinski definition) is 5. The number of benzene rings is 2. The highest BCUT2D eigenvalue weighted by Crippen LogP contribution is 2.22. The van der Waals surface area contributed by atoms with E-state index < -0.39 is 17.6 Å². The lowest BCUT2D eigenvalue weighted by Crippen LogP contribution is -2.29. The summed E-state index contributed by atoms with van der Waals surface area (Å²) in [6.07, 6.45) is 1.42. The van der Waals surface area contributed by atoms with Gasteiger partial charge in [0.15, 0.2) is 0 Å². The molecule has 0 aromatic heterocycles. The van der Waals surface area contributed by atoms with Crippen LogP contribution in [0.4, 0.5) is 4.39 Å². The molecule has 8 heteroatoms. The van der Waals surface area contributed by atoms with Crippen LogP contribution in [0.1, 0.15) is 22.3 Å². The molecule has 7 nitrogen and oxygen atoms in total. The lowest BCUT2D eigenvalue weighted by molar-refractivity contribution is -0.120. The van der Waals surface area contributed by atoms with Gasteiger partial charge >= 0.3 is 0 Å². The molecule has 0 aliphatic rings. The van der Waals surface area contributed by atoms with Crippen LogP contribution in [-0.4, -0.2) is 38.8 Å². The number of carbonyl (C=O) groups excluding carboxylic acids is 2. The Morgan fingerprint density at radius 3 is 2.63 bits per heavy atom. The average Bonchev–Trinajstić information content (AvgIpc) is 2.68. The van der Waals surface area contributed by atoms with Crippen molar-refractivity contribution in [2.24, 2.45) is 5.10 Å². The third kappa shape index (κ3) is 5.81. The van der Waals surface area contributed by atoms with E-state index >= 15 is 0 Å². The van der Waals surface area contributed by atoms with Gasteiger partial charge in [0.05, 0.1) is 26.0 Å². The van der Waals surface area contributed by atoms with Crippen LogP contribution < -0.4 is 20.2 Å². The fraction of sp³-hybridized carbons (Fsp3) is 0.211. The minimum atomic E-state index is -0.615. The third-order valence-electron chi connectivity index (χ3n) is 3.59. The van der Waals surface area contributed by atoms with Gasteiger partial charge in [0.1, 0.15) is 17.3 Å². The van der Waals surface area contributed by atoms with Crippen molar-refractivity contribution in [3.05, 3.63) is 59.4 Å². The molecule has 0 saturated carbocycles. The van der Waals surface area contributed by atoms with E-state index in [4.69, 9.17) is 9.47 Å². The van der Waals surface area contributed by atoms with Gasteiger partial charge in [0.25, 0.3) is 5.91 Å². The molecule has 2 aromatic carbocycles. The summed E-state index contributed by atoms with van der Waals surface area (Å²) in [7, 11) is 3.07. The number of hydrazone groups is 1. The van der Waals surface area contributed by atoms with Crippen LogP contribution in [0.3, 0.4) is 0 Å². The van der Waals surface area contributed by atoms with Crippen LogP contribution in [0.15, 0.2) is 47.6 Å². The SMILES string of the molecule is COc1ccc(OC)c(C=NNC(=O)CCNC(=O)c2ccccc2F)c1. The van der Waals surface area contributed by atoms with Crippen molar-refractivity contribution in [2.45, 2.75) is 6.42 Å². The molecule has 0 atom stereocenters. The first kappa shape index (κ1) is 19.9. The van der Waals surface area contributed by atoms with E-state index in [0.29, 0.717) is 17.1 Å². The number of rotatable bonds is 8. The number of carbonyl (C=O) groups is 2. The number of ether oxygens (including phenoxy) is 2. The van der Waals surface area contributed by atoms with Gasteiger partial charge in [-0.25, -0.2) is 9.82 Å². The van der Waals surface area contributed by atoms with Crippen molar-refractivity contribution < 1.29 is 23.5 Å². The predicted molar refractivity (Wildman–Crippen MR) is 98.6 cm³/mol. The smallest absolute Gasteiger partial charge is 0.254 e. The summed E-state index contributed by atoms with van der Waals surface area (Å²) in [5.41, 5.74) is 2.91. The molecule has 0 unspecified atom stereocenters. The summed E-state index contributed by atoms with van der Waals surface area (Å²) in [6, 6.07) is 10.8. The van der Waals surface area contributed by atoms with Crippen molar-refractivity contribution in [3.63, 3.8) is 0 Å². The third-order valence-corrected chi connectivity index (χ3v) is 3.59. The molecule has 0 spiro atoms. The van der Waals surface area contributed by atoms with Crippen LogP contribution in [-0.2, 0) is 4.79 Å². The Morgan fingerprint density at radius 2 is 1.93 bits per heavy atom. The second kappa shape index (κ2) is 9.91. The van der Waals surface area contributed by atoms with Crippen LogP contribution in [0.5, 0.6) is 11.5 Å². The summed E-state index contributed by atoms with van der Waals surface area (Å²) in [6.45, 7) is 0.0526. The zero-order valence-electron chi connectivity index (χ0n) is 15.0. The number of halogens is 1. The average molecular weight is 373 g/mol. The van der Waals surface area contributed by atoms with Crippen molar-refractivity contribution in [2.75, 3.05) is 20.8 Å². The van der Waals surface area contributed by atoms with Crippen molar-refractivity contribution in [1.82, 2.24) is 10.7 Å². The van der Waals surface area contributed by atoms with E-state index in [1.807, 2.05) is 0 Å². The fourth-order valence-electron chi connectivity index (χ4n) is 2.20. The molecular weight excluding hydrogens is 353 g/mol. The highest BCUT2D eigenvalue weighted by molar-refractivity contribution is 5.94. The van der Waals surface area contributed by atoms with E-state index in [9.17, 15) is 14.0 Å². The number of methoxy groups -OCH3 is 2. The number of nitrogens with zero attached hydrogens (tertiary/aromatic N) is 1. The topological polar surface area (TPSA) is 89.0 Å². The number of nitrogens with one attached hydrogen (secondary N) is 2. The van der Waals surface area contributed by atoms with E-state index in [1.165, 1.54) is 31.5 Å². The van der Waals surface area contributed by atoms with Gasteiger partial charge in [-0.1, -0.05) is 12.1 Å². The molecule has 0 saturated heterocycles. The monoisotopic (exact) mass is 373 g/mol. The van der Waals surface area contributed by atoms with Gasteiger partial charge in [-0.15, -0.1) is 0 Å². The summed E-state index contributed by atoms with van der Waals surface area (Å²) in [5, 5.41) is 6.35. The molecule has 27 heavy (non-hydrogen) atoms. The first-order valence-electron chi connectivity index (χ1n) is 8.11. The molecule has 0 radical (unpaired) electrons. The Kier molecular flexibility index (Phi) is 7.30. The highest BCUT2D eigenvalue weighted by atomic mass is 19.1. The van der Waals surface area contributed by atoms with Crippen molar-refractivity contribution in [1.29, 1.82) is 0 Å². The molecule has 2 aromatic rings. The van der Waals surface area contributed by atoms with Gasteiger partial charge in [0, 0.05) is 18.5 Å². The molecule has 0 bridgehead atoms. The Balaban J connectivity index is 1.82. The van der Waals surface area contributed by atoms with Gasteiger partial charge in [0.2, 0.25) is 5.91 Å². The second-order valence-electron chi connectivity index (χ2n) is 5.39. The summed E-state index contributed by atoms with van der Waals surface area (Å²) in [5.74, 6) is -0.394. The van der Waals surface area contributed by atoms with Gasteiger partial charge in [-0.3, -0.25) is 9.59 Å². The first-order chi connectivity index (χ1) is 13.0. The zero-order valence-corrected chi connectivity index (χ0v) is 15.0. The fourth-order valence-corrected chi connectivity index (χ4v) is 2.20. The van der Waals surface area contributed by atoms with Crippen LogP contribution in [0.25, 0.3) is 0 Å². The summed E-state index contributed by atoms with van der Waals surface area (Å²) >= 11 is 0. The molecule has 0 aliphatic heterocycles. The molecule has 0 heterocycles. The minimum absolute atomic E-state index is 0.00716. The maximum absolute atomic E-state index is 13.5. The lowest BCUT2D eigenvalue weighted by atomic mass is 10.2. The predicted octanol–water partition coefficient (Wildman–Crippen LogP) is 2.11. The molecular formula is C19H20FN3O4. The van der Waals surface area contributed by atoms with E-state index in [0.717, 1.165) is 0 Å². The van der Waals surface area contributed by atoms with E-state index in [2.05, 4.69) is 15.8 Å². The van der Waals surface area contributed by atoms with Gasteiger partial charge < -0.3 is 14.8 Å². The summed E-state index contributed by atoms with van der Waals surface area (Å²) in [4.78, 5) is 23.6. The quantitative estimate of drug-likeness (QED) is 0.548. The lowest BCUT2D eigenvalue weighted by Gasteiger charge is -2.07. The largest absolute Gasteiger partial charge is 0.497 e. The Hall–Kier alpha value is -3.42. The first-order valence-corrected chi connectivity index (χ1v) is 8.11. The van der Waals surface area contributed by atoms with Gasteiger partial charge in [-0.05, 0) is 30.3 Å². The molecule has 0 aliphatic carbocycles. The number of hydrogen-bond donors (Lipinski definition) is 2. The van der Waals surface area contributed by atoms with Crippen LogP contribution in [0, 0.1) is 5.82 Å². The molecule has 142 valence electrons. The Labute approximate surface area is 156 Å². The standard InChI is InChI=1S/C19H20FN3O4/c1-26-14-7-8-17(27-2)13(11-14)12-22-23-18(24)9-10-21-19(25)15-5-3-4-6-16(15)20/h3-8,11-12H,9-10H2,1-2H3,(H,21,25)(H,23,24). The van der Waals surface area contributed by atoms with Crippen LogP contribution in [0.2, 0.25) is 0 Å². The maximum atomic E-state index is 13.5. The minimum Gasteiger partial charge on any atom is -0.497 e. The van der Waals surface area contributed by atoms with Crippen molar-refractivity contribution >= 4 is 18.0 Å². The van der Waals surface area contributed by atoms with Gasteiger partial charge in [-0.2, -0.15) is 5.10 Å². The Bertz CT molecular complexity index is 839. The van der Waals surface area contributed by atoms with E-state index in [-0.39, 0.29) is 18.5 Å².